The van der Waals surface area contributed by atoms with Gasteiger partial charge in [0.2, 0.25) is 0 Å². The number of benzene rings is 2. The summed E-state index contributed by atoms with van der Waals surface area (Å²) >= 11 is 0. The zero-order chi connectivity index (χ0) is 17.4. The molecule has 3 N–H and O–H groups in total. The van der Waals surface area contributed by atoms with Gasteiger partial charge < -0.3 is 15.4 Å². The molecule has 2 aromatic carbocycles. The highest BCUT2D eigenvalue weighted by Gasteiger charge is 2.15. The highest BCUT2D eigenvalue weighted by atomic mass is 16.5. The SMILES string of the molecule is CCOC(=O)c1ccccc1NC(=O)NC(=O)Nc1ccccc1. The van der Waals surface area contributed by atoms with Crippen molar-refractivity contribution in [2.75, 3.05) is 17.2 Å². The van der Waals surface area contributed by atoms with Crippen LogP contribution in [0.4, 0.5) is 21.0 Å². The fraction of sp³-hybridized carbons (Fsp3) is 0.118. The molecule has 0 saturated heterocycles. The number of hydrogen-bond acceptors (Lipinski definition) is 4. The molecule has 0 atom stereocenters. The summed E-state index contributed by atoms with van der Waals surface area (Å²) in [6, 6.07) is 13.6. The number of para-hydroxylation sites is 2. The van der Waals surface area contributed by atoms with Crippen molar-refractivity contribution in [3.05, 3.63) is 60.2 Å². The van der Waals surface area contributed by atoms with Crippen LogP contribution in [0.3, 0.4) is 0 Å². The van der Waals surface area contributed by atoms with Crippen LogP contribution in [0, 0.1) is 0 Å². The molecule has 0 aliphatic rings. The third-order valence-corrected chi connectivity index (χ3v) is 2.93. The second-order valence-electron chi connectivity index (χ2n) is 4.67. The van der Waals surface area contributed by atoms with E-state index in [-0.39, 0.29) is 17.9 Å². The van der Waals surface area contributed by atoms with E-state index in [1.807, 2.05) is 6.07 Å². The van der Waals surface area contributed by atoms with Gasteiger partial charge in [0, 0.05) is 5.69 Å². The van der Waals surface area contributed by atoms with Crippen LogP contribution in [0.5, 0.6) is 0 Å². The summed E-state index contributed by atoms with van der Waals surface area (Å²) in [6.45, 7) is 1.91. The molecule has 0 radical (unpaired) electrons. The zero-order valence-electron chi connectivity index (χ0n) is 13.0. The Morgan fingerprint density at radius 3 is 2.21 bits per heavy atom. The molecule has 7 heteroatoms. The number of carbonyl (C=O) groups is 3. The van der Waals surface area contributed by atoms with E-state index in [0.717, 1.165) is 0 Å². The molecule has 0 bridgehead atoms. The van der Waals surface area contributed by atoms with Crippen molar-refractivity contribution >= 4 is 29.4 Å². The van der Waals surface area contributed by atoms with Gasteiger partial charge in [-0.3, -0.25) is 5.32 Å². The van der Waals surface area contributed by atoms with Gasteiger partial charge in [-0.25, -0.2) is 14.4 Å². The Morgan fingerprint density at radius 2 is 1.50 bits per heavy atom. The lowest BCUT2D eigenvalue weighted by atomic mass is 10.2. The number of esters is 1. The lowest BCUT2D eigenvalue weighted by molar-refractivity contribution is 0.0527. The number of ether oxygens (including phenoxy) is 1. The molecule has 7 nitrogen and oxygen atoms in total. The third kappa shape index (κ3) is 4.84. The first kappa shape index (κ1) is 17.0. The van der Waals surface area contributed by atoms with E-state index in [0.29, 0.717) is 5.69 Å². The second kappa shape index (κ2) is 8.33. The summed E-state index contributed by atoms with van der Waals surface area (Å²) in [4.78, 5) is 35.5. The van der Waals surface area contributed by atoms with Crippen molar-refractivity contribution in [2.24, 2.45) is 0 Å². The van der Waals surface area contributed by atoms with Gasteiger partial charge in [0.15, 0.2) is 0 Å². The Labute approximate surface area is 139 Å². The summed E-state index contributed by atoms with van der Waals surface area (Å²) in [5.74, 6) is -0.554. The normalized spacial score (nSPS) is 9.71. The highest BCUT2D eigenvalue weighted by molar-refractivity contribution is 6.07. The summed E-state index contributed by atoms with van der Waals surface area (Å²) in [6.07, 6.45) is 0. The molecule has 24 heavy (non-hydrogen) atoms. The maximum Gasteiger partial charge on any atom is 0.340 e. The number of hydrogen-bond donors (Lipinski definition) is 3. The molecule has 0 aromatic heterocycles. The Balaban J connectivity index is 1.97. The van der Waals surface area contributed by atoms with Gasteiger partial charge in [-0.2, -0.15) is 0 Å². The molecule has 0 aliphatic carbocycles. The first-order chi connectivity index (χ1) is 11.6. The quantitative estimate of drug-likeness (QED) is 0.751. The second-order valence-corrected chi connectivity index (χ2v) is 4.67. The third-order valence-electron chi connectivity index (χ3n) is 2.93. The van der Waals surface area contributed by atoms with Crippen LogP contribution in [-0.4, -0.2) is 24.6 Å². The topological polar surface area (TPSA) is 96.5 Å². The van der Waals surface area contributed by atoms with E-state index in [1.165, 1.54) is 6.07 Å². The molecule has 0 unspecified atom stereocenters. The molecule has 0 spiro atoms. The van der Waals surface area contributed by atoms with Gasteiger partial charge in [-0.15, -0.1) is 0 Å². The van der Waals surface area contributed by atoms with Crippen LogP contribution in [0.2, 0.25) is 0 Å². The number of anilines is 2. The number of rotatable bonds is 4. The standard InChI is InChI=1S/C17H17N3O4/c1-2-24-15(21)13-10-6-7-11-14(13)19-17(23)20-16(22)18-12-8-4-3-5-9-12/h3-11H,2H2,1H3,(H3,18,19,20,22,23). The van der Waals surface area contributed by atoms with Crippen LogP contribution >= 0.6 is 0 Å². The fourth-order valence-electron chi connectivity index (χ4n) is 1.92. The lowest BCUT2D eigenvalue weighted by Crippen LogP contribution is -2.37. The highest BCUT2D eigenvalue weighted by Crippen LogP contribution is 2.16. The van der Waals surface area contributed by atoms with Gasteiger partial charge in [0.1, 0.15) is 0 Å². The van der Waals surface area contributed by atoms with E-state index in [4.69, 9.17) is 4.74 Å². The molecule has 2 aromatic rings. The Hall–Kier alpha value is -3.35. The Kier molecular flexibility index (Phi) is 5.90. The number of amides is 4. The maximum atomic E-state index is 11.9. The van der Waals surface area contributed by atoms with Crippen molar-refractivity contribution in [1.29, 1.82) is 0 Å². The monoisotopic (exact) mass is 327 g/mol. The van der Waals surface area contributed by atoms with Crippen LogP contribution in [0.25, 0.3) is 0 Å². The van der Waals surface area contributed by atoms with Gasteiger partial charge in [0.05, 0.1) is 17.9 Å². The smallest absolute Gasteiger partial charge is 0.340 e. The van der Waals surface area contributed by atoms with E-state index < -0.39 is 18.0 Å². The molecule has 0 heterocycles. The molecule has 0 saturated carbocycles. The minimum atomic E-state index is -0.764. The fourth-order valence-corrected chi connectivity index (χ4v) is 1.92. The maximum absolute atomic E-state index is 11.9. The number of imide groups is 1. The van der Waals surface area contributed by atoms with E-state index in [2.05, 4.69) is 16.0 Å². The van der Waals surface area contributed by atoms with Gasteiger partial charge >= 0.3 is 18.0 Å². The Morgan fingerprint density at radius 1 is 0.875 bits per heavy atom. The van der Waals surface area contributed by atoms with Gasteiger partial charge in [-0.05, 0) is 31.2 Å². The van der Waals surface area contributed by atoms with Crippen LogP contribution < -0.4 is 16.0 Å². The van der Waals surface area contributed by atoms with Crippen LogP contribution in [-0.2, 0) is 4.74 Å². The van der Waals surface area contributed by atoms with E-state index >= 15 is 0 Å². The number of nitrogens with one attached hydrogen (secondary N) is 3. The summed E-state index contributed by atoms with van der Waals surface area (Å²) < 4.78 is 4.92. The predicted octanol–water partition coefficient (Wildman–Crippen LogP) is 3.22. The van der Waals surface area contributed by atoms with Crippen LogP contribution in [0.1, 0.15) is 17.3 Å². The zero-order valence-corrected chi connectivity index (χ0v) is 13.0. The molecule has 2 rings (SSSR count). The number of urea groups is 2. The van der Waals surface area contributed by atoms with Crippen molar-refractivity contribution in [2.45, 2.75) is 6.92 Å². The average molecular weight is 327 g/mol. The molecular formula is C17H17N3O4. The largest absolute Gasteiger partial charge is 0.462 e. The van der Waals surface area contributed by atoms with Crippen molar-refractivity contribution in [3.8, 4) is 0 Å². The summed E-state index contributed by atoms with van der Waals surface area (Å²) in [5.41, 5.74) is 1.01. The van der Waals surface area contributed by atoms with Crippen molar-refractivity contribution in [1.82, 2.24) is 5.32 Å². The minimum absolute atomic E-state index is 0.206. The first-order valence-electron chi connectivity index (χ1n) is 7.30. The summed E-state index contributed by atoms with van der Waals surface area (Å²) in [7, 11) is 0. The Bertz CT molecular complexity index is 732. The molecule has 0 aliphatic heterocycles. The lowest BCUT2D eigenvalue weighted by Gasteiger charge is -2.11. The molecular weight excluding hydrogens is 310 g/mol. The molecule has 0 fully saturated rings. The van der Waals surface area contributed by atoms with Crippen LogP contribution in [0.15, 0.2) is 54.6 Å². The van der Waals surface area contributed by atoms with Gasteiger partial charge in [0.25, 0.3) is 0 Å². The van der Waals surface area contributed by atoms with Crippen molar-refractivity contribution < 1.29 is 19.1 Å². The van der Waals surface area contributed by atoms with Crippen molar-refractivity contribution in [3.63, 3.8) is 0 Å². The predicted molar refractivity (Wildman–Crippen MR) is 90.0 cm³/mol. The van der Waals surface area contributed by atoms with E-state index in [9.17, 15) is 14.4 Å². The average Bonchev–Trinajstić information content (AvgIpc) is 2.56. The summed E-state index contributed by atoms with van der Waals surface area (Å²) in [5, 5.41) is 7.09. The molecule has 4 amide bonds. The van der Waals surface area contributed by atoms with E-state index in [1.54, 1.807) is 49.4 Å². The first-order valence-corrected chi connectivity index (χ1v) is 7.30. The minimum Gasteiger partial charge on any atom is -0.462 e. The van der Waals surface area contributed by atoms with Gasteiger partial charge in [-0.1, -0.05) is 30.3 Å². The number of carbonyl (C=O) groups excluding carboxylic acids is 3. The molecule has 124 valence electrons.